The fourth-order valence-corrected chi connectivity index (χ4v) is 4.72. The summed E-state index contributed by atoms with van der Waals surface area (Å²) in [6.07, 6.45) is 1.94. The molecular formula is C26H18BrNO2S. The lowest BCUT2D eigenvalue weighted by molar-refractivity contribution is -0.112. The van der Waals surface area contributed by atoms with Gasteiger partial charge in [-0.2, -0.15) is 0 Å². The van der Waals surface area contributed by atoms with E-state index in [-0.39, 0.29) is 5.91 Å². The van der Waals surface area contributed by atoms with Gasteiger partial charge in [0.05, 0.1) is 10.6 Å². The van der Waals surface area contributed by atoms with E-state index in [1.54, 1.807) is 0 Å². The van der Waals surface area contributed by atoms with Crippen molar-refractivity contribution in [1.82, 2.24) is 0 Å². The van der Waals surface area contributed by atoms with E-state index >= 15 is 0 Å². The molecule has 1 amide bonds. The quantitative estimate of drug-likeness (QED) is 0.307. The van der Waals surface area contributed by atoms with Gasteiger partial charge >= 0.3 is 0 Å². The van der Waals surface area contributed by atoms with E-state index < -0.39 is 0 Å². The van der Waals surface area contributed by atoms with Gasteiger partial charge < -0.3 is 10.1 Å². The molecule has 0 saturated heterocycles. The molecule has 0 radical (unpaired) electrons. The number of nitrogens with one attached hydrogen (secondary N) is 1. The first-order valence-electron chi connectivity index (χ1n) is 9.86. The summed E-state index contributed by atoms with van der Waals surface area (Å²) in [7, 11) is 0. The number of fused-ring (bicyclic) bond motifs is 2. The van der Waals surface area contributed by atoms with Gasteiger partial charge in [-0.1, -0.05) is 82.3 Å². The summed E-state index contributed by atoms with van der Waals surface area (Å²) in [4.78, 5) is 14.4. The van der Waals surface area contributed by atoms with Crippen LogP contribution in [0.1, 0.15) is 11.1 Å². The number of thioether (sulfide) groups is 1. The molecule has 0 fully saturated rings. The molecular weight excluding hydrogens is 470 g/mol. The Morgan fingerprint density at radius 2 is 1.68 bits per heavy atom. The van der Waals surface area contributed by atoms with Crippen LogP contribution in [0.2, 0.25) is 0 Å². The summed E-state index contributed by atoms with van der Waals surface area (Å²) in [5, 5.41) is 5.14. The molecule has 1 aliphatic rings. The first-order chi connectivity index (χ1) is 15.2. The highest BCUT2D eigenvalue weighted by atomic mass is 79.9. The van der Waals surface area contributed by atoms with E-state index in [0.717, 1.165) is 42.7 Å². The van der Waals surface area contributed by atoms with Gasteiger partial charge in [0.25, 0.3) is 5.91 Å². The lowest BCUT2D eigenvalue weighted by Gasteiger charge is -2.19. The predicted octanol–water partition coefficient (Wildman–Crippen LogP) is 7.27. The normalized spacial score (nSPS) is 14.4. The van der Waals surface area contributed by atoms with Gasteiger partial charge in [-0.15, -0.1) is 0 Å². The monoisotopic (exact) mass is 487 g/mol. The molecule has 0 atom stereocenters. The summed E-state index contributed by atoms with van der Waals surface area (Å²) < 4.78 is 7.25. The number of anilines is 1. The van der Waals surface area contributed by atoms with Crippen LogP contribution < -0.4 is 10.1 Å². The Bertz CT molecular complexity index is 1310. The first kappa shape index (κ1) is 19.9. The van der Waals surface area contributed by atoms with E-state index in [0.29, 0.717) is 11.5 Å². The minimum Gasteiger partial charge on any atom is -0.488 e. The molecule has 3 nitrogen and oxygen atoms in total. The number of hydrogen-bond acceptors (Lipinski definition) is 3. The average Bonchev–Trinajstić information content (AvgIpc) is 2.80. The van der Waals surface area contributed by atoms with Crippen LogP contribution in [-0.4, -0.2) is 5.91 Å². The van der Waals surface area contributed by atoms with Gasteiger partial charge in [0.1, 0.15) is 12.4 Å². The molecule has 0 aliphatic carbocycles. The maximum absolute atomic E-state index is 12.8. The summed E-state index contributed by atoms with van der Waals surface area (Å²) in [5.74, 6) is 0.650. The van der Waals surface area contributed by atoms with Crippen molar-refractivity contribution >= 4 is 56.1 Å². The number of para-hydroxylation sites is 1. The summed E-state index contributed by atoms with van der Waals surface area (Å²) in [6.45, 7) is 0.448. The molecule has 5 heteroatoms. The Labute approximate surface area is 193 Å². The average molecular weight is 488 g/mol. The lowest BCUT2D eigenvalue weighted by Crippen LogP contribution is -2.17. The van der Waals surface area contributed by atoms with Crippen LogP contribution in [0.5, 0.6) is 5.75 Å². The lowest BCUT2D eigenvalue weighted by atomic mass is 10.0. The number of benzene rings is 4. The van der Waals surface area contributed by atoms with Gasteiger partial charge in [0, 0.05) is 14.9 Å². The number of carbonyl (C=O) groups excluding carboxylic acids is 1. The summed E-state index contributed by atoms with van der Waals surface area (Å²) in [6, 6.07) is 28.1. The molecule has 1 N–H and O–H groups in total. The molecule has 0 spiro atoms. The Morgan fingerprint density at radius 3 is 2.55 bits per heavy atom. The second-order valence-electron chi connectivity index (χ2n) is 7.17. The molecule has 1 aliphatic heterocycles. The Morgan fingerprint density at radius 1 is 0.903 bits per heavy atom. The SMILES string of the molecule is O=C1Nc2ccccc2S/C1=C\c1c(OCc2ccc(Br)cc2)ccc2ccccc12. The van der Waals surface area contributed by atoms with E-state index in [4.69, 9.17) is 4.74 Å². The minimum absolute atomic E-state index is 0.101. The van der Waals surface area contributed by atoms with Crippen molar-refractivity contribution in [2.75, 3.05) is 5.32 Å². The Balaban J connectivity index is 1.54. The van der Waals surface area contributed by atoms with E-state index in [9.17, 15) is 4.79 Å². The standard InChI is InChI=1S/C26H18BrNO2S/c27-19-12-9-17(10-13-19)16-30-23-14-11-18-5-1-2-6-20(18)21(23)15-25-26(29)28-22-7-3-4-8-24(22)31-25/h1-15H,16H2,(H,28,29)/b25-15-. The third-order valence-corrected chi connectivity index (χ3v) is 6.72. The molecule has 31 heavy (non-hydrogen) atoms. The Hall–Kier alpha value is -3.02. The Kier molecular flexibility index (Phi) is 5.53. The van der Waals surface area contributed by atoms with Crippen molar-refractivity contribution in [2.45, 2.75) is 11.5 Å². The third-order valence-electron chi connectivity index (χ3n) is 5.09. The van der Waals surface area contributed by atoms with Crippen LogP contribution in [0.3, 0.4) is 0 Å². The highest BCUT2D eigenvalue weighted by molar-refractivity contribution is 9.10. The number of carbonyl (C=O) groups is 1. The van der Waals surface area contributed by atoms with E-state index in [2.05, 4.69) is 39.4 Å². The molecule has 1 heterocycles. The van der Waals surface area contributed by atoms with Crippen molar-refractivity contribution < 1.29 is 9.53 Å². The molecule has 152 valence electrons. The third kappa shape index (κ3) is 4.24. The predicted molar refractivity (Wildman–Crippen MR) is 131 cm³/mol. The molecule has 5 rings (SSSR count). The van der Waals surface area contributed by atoms with Crippen molar-refractivity contribution in [1.29, 1.82) is 0 Å². The van der Waals surface area contributed by atoms with Crippen LogP contribution in [0, 0.1) is 0 Å². The molecule has 0 bridgehead atoms. The van der Waals surface area contributed by atoms with E-state index in [1.807, 2.05) is 72.8 Å². The fourth-order valence-electron chi connectivity index (χ4n) is 3.53. The van der Waals surface area contributed by atoms with Gasteiger partial charge in [-0.3, -0.25) is 4.79 Å². The first-order valence-corrected chi connectivity index (χ1v) is 11.5. The molecule has 0 unspecified atom stereocenters. The molecule has 0 aromatic heterocycles. The number of halogens is 1. The highest BCUT2D eigenvalue weighted by Crippen LogP contribution is 2.40. The van der Waals surface area contributed by atoms with Crippen molar-refractivity contribution in [3.8, 4) is 5.75 Å². The van der Waals surface area contributed by atoms with Gasteiger partial charge in [-0.25, -0.2) is 0 Å². The topological polar surface area (TPSA) is 38.3 Å². The zero-order chi connectivity index (χ0) is 21.2. The van der Waals surface area contributed by atoms with Crippen LogP contribution in [-0.2, 0) is 11.4 Å². The minimum atomic E-state index is -0.101. The van der Waals surface area contributed by atoms with Crippen molar-refractivity contribution in [2.24, 2.45) is 0 Å². The highest BCUT2D eigenvalue weighted by Gasteiger charge is 2.21. The zero-order valence-corrected chi connectivity index (χ0v) is 18.9. The largest absolute Gasteiger partial charge is 0.488 e. The maximum atomic E-state index is 12.8. The smallest absolute Gasteiger partial charge is 0.262 e. The van der Waals surface area contributed by atoms with Crippen molar-refractivity contribution in [3.05, 3.63) is 105 Å². The van der Waals surface area contributed by atoms with Gasteiger partial charge in [0.2, 0.25) is 0 Å². The van der Waals surface area contributed by atoms with E-state index in [1.165, 1.54) is 11.8 Å². The second-order valence-corrected chi connectivity index (χ2v) is 9.17. The van der Waals surface area contributed by atoms with Gasteiger partial charge in [-0.05, 0) is 52.7 Å². The van der Waals surface area contributed by atoms with Gasteiger partial charge in [0.15, 0.2) is 0 Å². The number of ether oxygens (including phenoxy) is 1. The zero-order valence-electron chi connectivity index (χ0n) is 16.5. The van der Waals surface area contributed by atoms with Crippen LogP contribution in [0.15, 0.2) is 99.2 Å². The number of amides is 1. The number of rotatable bonds is 4. The molecule has 4 aromatic rings. The second kappa shape index (κ2) is 8.61. The number of hydrogen-bond donors (Lipinski definition) is 1. The molecule has 0 saturated carbocycles. The van der Waals surface area contributed by atoms with Crippen molar-refractivity contribution in [3.63, 3.8) is 0 Å². The summed E-state index contributed by atoms with van der Waals surface area (Å²) >= 11 is 4.95. The molecule has 4 aromatic carbocycles. The van der Waals surface area contributed by atoms with Crippen LogP contribution in [0.25, 0.3) is 16.8 Å². The van der Waals surface area contributed by atoms with Crippen LogP contribution in [0.4, 0.5) is 5.69 Å². The fraction of sp³-hybridized carbons (Fsp3) is 0.0385. The maximum Gasteiger partial charge on any atom is 0.262 e. The van der Waals surface area contributed by atoms with Crippen LogP contribution >= 0.6 is 27.7 Å². The summed E-state index contributed by atoms with van der Waals surface area (Å²) in [5.41, 5.74) is 2.83.